The van der Waals surface area contributed by atoms with Gasteiger partial charge < -0.3 is 18.6 Å². The lowest BCUT2D eigenvalue weighted by atomic mass is 10.1. The van der Waals surface area contributed by atoms with E-state index < -0.39 is 5.60 Å². The van der Waals surface area contributed by atoms with Gasteiger partial charge in [-0.25, -0.2) is 9.97 Å². The number of aromatic nitrogens is 2. The number of fused-ring (bicyclic) bond motifs is 1. The van der Waals surface area contributed by atoms with Gasteiger partial charge in [0.15, 0.2) is 0 Å². The Kier molecular flexibility index (Phi) is 7.15. The first-order valence-electron chi connectivity index (χ1n) is 10.5. The molecule has 3 rings (SSSR count). The second-order valence-corrected chi connectivity index (χ2v) is 8.50. The van der Waals surface area contributed by atoms with Gasteiger partial charge in [-0.1, -0.05) is 12.1 Å². The summed E-state index contributed by atoms with van der Waals surface area (Å²) in [6, 6.07) is 7.71. The minimum absolute atomic E-state index is 0.0737. The highest BCUT2D eigenvalue weighted by atomic mass is 16.6. The molecule has 0 spiro atoms. The smallest absolute Gasteiger partial charge is 0.306 e. The molecule has 0 amide bonds. The molecule has 1 unspecified atom stereocenters. The molecular weight excluding hydrogens is 396 g/mol. The van der Waals surface area contributed by atoms with E-state index in [9.17, 15) is 4.79 Å². The molecule has 2 heterocycles. The number of carbonyl (C=O) groups is 1. The van der Waals surface area contributed by atoms with Crippen LogP contribution < -0.4 is 9.47 Å². The van der Waals surface area contributed by atoms with Gasteiger partial charge in [0.2, 0.25) is 11.6 Å². The highest BCUT2D eigenvalue weighted by molar-refractivity contribution is 5.95. The number of furan rings is 1. The highest BCUT2D eigenvalue weighted by Gasteiger charge is 2.18. The van der Waals surface area contributed by atoms with Crippen molar-refractivity contribution in [1.82, 2.24) is 9.97 Å². The highest BCUT2D eigenvalue weighted by Crippen LogP contribution is 2.35. The Labute approximate surface area is 182 Å². The number of unbranched alkanes of at least 4 members (excludes halogenated alkanes) is 1. The summed E-state index contributed by atoms with van der Waals surface area (Å²) < 4.78 is 22.3. The van der Waals surface area contributed by atoms with Gasteiger partial charge in [-0.05, 0) is 64.7 Å². The van der Waals surface area contributed by atoms with Crippen molar-refractivity contribution in [1.29, 1.82) is 0 Å². The van der Waals surface area contributed by atoms with Crippen molar-refractivity contribution in [3.8, 4) is 22.8 Å². The zero-order chi connectivity index (χ0) is 22.4. The topological polar surface area (TPSA) is 83.7 Å². The van der Waals surface area contributed by atoms with Crippen LogP contribution >= 0.6 is 0 Å². The number of methoxy groups -OCH3 is 1. The fourth-order valence-electron chi connectivity index (χ4n) is 3.26. The number of carbonyl (C=O) groups excluding carboxylic acids is 1. The summed E-state index contributed by atoms with van der Waals surface area (Å²) in [6.07, 6.45) is 5.84. The van der Waals surface area contributed by atoms with Crippen LogP contribution in [-0.4, -0.2) is 34.8 Å². The Morgan fingerprint density at radius 3 is 2.55 bits per heavy atom. The van der Waals surface area contributed by atoms with Crippen LogP contribution in [-0.2, 0) is 9.53 Å². The van der Waals surface area contributed by atoms with Gasteiger partial charge in [-0.15, -0.1) is 0 Å². The molecule has 0 aliphatic heterocycles. The third-order valence-corrected chi connectivity index (χ3v) is 4.71. The van der Waals surface area contributed by atoms with Crippen molar-refractivity contribution in [3.05, 3.63) is 36.9 Å². The molecule has 31 heavy (non-hydrogen) atoms. The first-order valence-corrected chi connectivity index (χ1v) is 10.5. The van der Waals surface area contributed by atoms with E-state index >= 15 is 0 Å². The van der Waals surface area contributed by atoms with Crippen LogP contribution in [0.5, 0.6) is 11.6 Å². The third kappa shape index (κ3) is 6.20. The fourth-order valence-corrected chi connectivity index (χ4v) is 3.26. The summed E-state index contributed by atoms with van der Waals surface area (Å²) in [7, 11) is 1.64. The average molecular weight is 427 g/mol. The summed E-state index contributed by atoms with van der Waals surface area (Å²) in [6.45, 7) is 7.62. The van der Waals surface area contributed by atoms with Crippen molar-refractivity contribution in [2.24, 2.45) is 0 Å². The molecular formula is C24H30N2O5. The van der Waals surface area contributed by atoms with Crippen LogP contribution in [0.15, 0.2) is 41.3 Å². The van der Waals surface area contributed by atoms with Gasteiger partial charge in [-0.3, -0.25) is 4.79 Å². The maximum atomic E-state index is 11.8. The Hall–Kier alpha value is -3.09. The monoisotopic (exact) mass is 426 g/mol. The molecule has 2 aromatic heterocycles. The molecule has 0 bridgehead atoms. The van der Waals surface area contributed by atoms with Crippen LogP contribution in [0.25, 0.3) is 22.2 Å². The van der Waals surface area contributed by atoms with Crippen molar-refractivity contribution < 1.29 is 23.4 Å². The van der Waals surface area contributed by atoms with E-state index in [1.165, 1.54) is 6.33 Å². The summed E-state index contributed by atoms with van der Waals surface area (Å²) in [5.41, 5.74) is 1.86. The van der Waals surface area contributed by atoms with Crippen molar-refractivity contribution in [3.63, 3.8) is 0 Å². The van der Waals surface area contributed by atoms with Crippen LogP contribution in [0.2, 0.25) is 0 Å². The molecule has 0 fully saturated rings. The summed E-state index contributed by atoms with van der Waals surface area (Å²) >= 11 is 0. The largest absolute Gasteiger partial charge is 0.497 e. The van der Waals surface area contributed by atoms with Crippen LogP contribution in [0, 0.1) is 0 Å². The fraction of sp³-hybridized carbons (Fsp3) is 0.458. The zero-order valence-electron chi connectivity index (χ0n) is 18.8. The number of ether oxygens (including phenoxy) is 3. The van der Waals surface area contributed by atoms with Gasteiger partial charge in [-0.2, -0.15) is 0 Å². The lowest BCUT2D eigenvalue weighted by Gasteiger charge is -2.19. The third-order valence-electron chi connectivity index (χ3n) is 4.71. The van der Waals surface area contributed by atoms with E-state index in [1.54, 1.807) is 13.4 Å². The van der Waals surface area contributed by atoms with Gasteiger partial charge >= 0.3 is 5.97 Å². The van der Waals surface area contributed by atoms with E-state index in [0.29, 0.717) is 18.0 Å². The van der Waals surface area contributed by atoms with Gasteiger partial charge in [0.05, 0.1) is 13.2 Å². The number of hydrogen-bond donors (Lipinski definition) is 0. The molecule has 7 heteroatoms. The van der Waals surface area contributed by atoms with E-state index in [1.807, 2.05) is 52.0 Å². The SMILES string of the molecule is COc1ccc(-c2coc3ncnc(OC(C)CCCCC(=O)OC(C)(C)C)c23)cc1. The molecule has 0 radical (unpaired) electrons. The van der Waals surface area contributed by atoms with E-state index in [2.05, 4.69) is 9.97 Å². The van der Waals surface area contributed by atoms with E-state index in [-0.39, 0.29) is 12.1 Å². The molecule has 0 N–H and O–H groups in total. The Bertz CT molecular complexity index is 1000. The maximum Gasteiger partial charge on any atom is 0.306 e. The lowest BCUT2D eigenvalue weighted by Crippen LogP contribution is -2.23. The second kappa shape index (κ2) is 9.81. The van der Waals surface area contributed by atoms with E-state index in [4.69, 9.17) is 18.6 Å². The molecule has 1 atom stereocenters. The number of esters is 1. The van der Waals surface area contributed by atoms with Crippen molar-refractivity contribution in [2.75, 3.05) is 7.11 Å². The summed E-state index contributed by atoms with van der Waals surface area (Å²) in [5, 5.41) is 0.744. The first-order chi connectivity index (χ1) is 14.8. The van der Waals surface area contributed by atoms with Gasteiger partial charge in [0.1, 0.15) is 29.3 Å². The lowest BCUT2D eigenvalue weighted by molar-refractivity contribution is -0.154. The van der Waals surface area contributed by atoms with Crippen molar-refractivity contribution >= 4 is 17.1 Å². The number of benzene rings is 1. The van der Waals surface area contributed by atoms with Crippen molar-refractivity contribution in [2.45, 2.75) is 65.1 Å². The average Bonchev–Trinajstić information content (AvgIpc) is 3.15. The first kappa shape index (κ1) is 22.6. The predicted octanol–water partition coefficient (Wildman–Crippen LogP) is 5.57. The Balaban J connectivity index is 1.63. The Morgan fingerprint density at radius 1 is 1.13 bits per heavy atom. The van der Waals surface area contributed by atoms with Crippen LogP contribution in [0.3, 0.4) is 0 Å². The molecule has 0 saturated heterocycles. The molecule has 0 aliphatic rings. The maximum absolute atomic E-state index is 11.8. The normalized spacial score (nSPS) is 12.5. The predicted molar refractivity (Wildman–Crippen MR) is 118 cm³/mol. The second-order valence-electron chi connectivity index (χ2n) is 8.50. The standard InChI is InChI=1S/C24H30N2O5/c1-16(8-6-7-9-20(27)31-24(2,3)4)30-23-21-19(14-29-22(21)25-15-26-23)17-10-12-18(28-5)13-11-17/h10-16H,6-9H2,1-5H3. The van der Waals surface area contributed by atoms with E-state index in [0.717, 1.165) is 41.5 Å². The Morgan fingerprint density at radius 2 is 1.87 bits per heavy atom. The number of rotatable bonds is 9. The number of hydrogen-bond acceptors (Lipinski definition) is 7. The molecule has 1 aromatic carbocycles. The quantitative estimate of drug-likeness (QED) is 0.327. The van der Waals surface area contributed by atoms with Gasteiger partial charge in [0.25, 0.3) is 0 Å². The zero-order valence-corrected chi connectivity index (χ0v) is 18.8. The minimum atomic E-state index is -0.446. The molecule has 166 valence electrons. The van der Waals surface area contributed by atoms with Gasteiger partial charge in [0, 0.05) is 12.0 Å². The minimum Gasteiger partial charge on any atom is -0.497 e. The van der Waals surface area contributed by atoms with Crippen LogP contribution in [0.4, 0.5) is 0 Å². The molecule has 0 saturated carbocycles. The molecule has 7 nitrogen and oxygen atoms in total. The summed E-state index contributed by atoms with van der Waals surface area (Å²) in [5.74, 6) is 1.11. The van der Waals surface area contributed by atoms with Crippen LogP contribution in [0.1, 0.15) is 53.4 Å². The number of nitrogens with zero attached hydrogens (tertiary/aromatic N) is 2. The summed E-state index contributed by atoms with van der Waals surface area (Å²) in [4.78, 5) is 20.4. The molecule has 0 aliphatic carbocycles. The molecule has 3 aromatic rings.